The number of unbranched alkanes of at least 4 members (excludes halogenated alkanes) is 5. The van der Waals surface area contributed by atoms with Gasteiger partial charge in [-0.2, -0.15) is 0 Å². The first-order chi connectivity index (χ1) is 10.2. The van der Waals surface area contributed by atoms with Gasteiger partial charge in [0.1, 0.15) is 0 Å². The van der Waals surface area contributed by atoms with Crippen LogP contribution in [0.1, 0.15) is 45.4 Å². The number of nitrogen functional groups attached to an aromatic ring is 1. The standard InChI is InChI=1S/C16H24N4O/c1-2-3-4-5-6-7-10-18-16-19-14-9-8-12(17)11-13(14)15(21)20-16/h8-9,11H,2-7,10,17H2,1H3,(H2,18,19,20,21). The Morgan fingerprint density at radius 2 is 1.95 bits per heavy atom. The Kier molecular flexibility index (Phi) is 5.60. The van der Waals surface area contributed by atoms with Crippen molar-refractivity contribution in [3.05, 3.63) is 28.6 Å². The van der Waals surface area contributed by atoms with Crippen LogP contribution in [0.2, 0.25) is 0 Å². The first kappa shape index (κ1) is 15.4. The highest BCUT2D eigenvalue weighted by Gasteiger charge is 2.03. The van der Waals surface area contributed by atoms with E-state index < -0.39 is 0 Å². The molecule has 0 radical (unpaired) electrons. The van der Waals surface area contributed by atoms with E-state index in [1.54, 1.807) is 18.2 Å². The minimum absolute atomic E-state index is 0.155. The molecule has 4 N–H and O–H groups in total. The van der Waals surface area contributed by atoms with E-state index in [0.717, 1.165) is 13.0 Å². The number of anilines is 2. The molecule has 0 aliphatic carbocycles. The number of benzene rings is 1. The van der Waals surface area contributed by atoms with Crippen LogP contribution in [0, 0.1) is 0 Å². The van der Waals surface area contributed by atoms with Gasteiger partial charge in [0.15, 0.2) is 0 Å². The number of hydrogen-bond donors (Lipinski definition) is 3. The molecule has 5 nitrogen and oxygen atoms in total. The number of H-pyrrole nitrogens is 1. The molecule has 0 bridgehead atoms. The molecule has 0 unspecified atom stereocenters. The maximum absolute atomic E-state index is 12.0. The molecular weight excluding hydrogens is 264 g/mol. The Labute approximate surface area is 125 Å². The second kappa shape index (κ2) is 7.67. The van der Waals surface area contributed by atoms with Crippen molar-refractivity contribution < 1.29 is 0 Å². The quantitative estimate of drug-likeness (QED) is 0.514. The van der Waals surface area contributed by atoms with Crippen molar-refractivity contribution in [3.8, 4) is 0 Å². The summed E-state index contributed by atoms with van der Waals surface area (Å²) in [6, 6.07) is 5.18. The van der Waals surface area contributed by atoms with Gasteiger partial charge >= 0.3 is 0 Å². The molecule has 1 aromatic heterocycles. The van der Waals surface area contributed by atoms with Crippen LogP contribution >= 0.6 is 0 Å². The third kappa shape index (κ3) is 4.48. The Morgan fingerprint density at radius 3 is 2.76 bits per heavy atom. The molecule has 5 heteroatoms. The van der Waals surface area contributed by atoms with Crippen molar-refractivity contribution in [2.24, 2.45) is 0 Å². The summed E-state index contributed by atoms with van der Waals surface area (Å²) in [5, 5.41) is 3.71. The van der Waals surface area contributed by atoms with E-state index in [-0.39, 0.29) is 5.56 Å². The van der Waals surface area contributed by atoms with Crippen LogP contribution in [0.3, 0.4) is 0 Å². The van der Waals surface area contributed by atoms with Gasteiger partial charge in [0.2, 0.25) is 5.95 Å². The second-order valence-electron chi connectivity index (χ2n) is 5.39. The van der Waals surface area contributed by atoms with Crippen LogP contribution in [0.5, 0.6) is 0 Å². The SMILES string of the molecule is CCCCCCCCNc1nc2ccc(N)cc2c(=O)[nH]1. The van der Waals surface area contributed by atoms with Gasteiger partial charge in [0, 0.05) is 12.2 Å². The average Bonchev–Trinajstić information content (AvgIpc) is 2.47. The highest BCUT2D eigenvalue weighted by Crippen LogP contribution is 2.13. The van der Waals surface area contributed by atoms with Crippen LogP contribution in [-0.2, 0) is 0 Å². The van der Waals surface area contributed by atoms with Crippen LogP contribution in [0.25, 0.3) is 10.9 Å². The molecule has 1 aromatic carbocycles. The zero-order valence-corrected chi connectivity index (χ0v) is 12.6. The number of nitrogens with zero attached hydrogens (tertiary/aromatic N) is 1. The first-order valence-electron chi connectivity index (χ1n) is 7.74. The third-order valence-electron chi connectivity index (χ3n) is 3.55. The normalized spacial score (nSPS) is 10.9. The molecule has 114 valence electrons. The zero-order valence-electron chi connectivity index (χ0n) is 12.6. The molecule has 0 saturated carbocycles. The van der Waals surface area contributed by atoms with E-state index in [0.29, 0.717) is 22.5 Å². The summed E-state index contributed by atoms with van der Waals surface area (Å²) in [4.78, 5) is 19.1. The average molecular weight is 288 g/mol. The smallest absolute Gasteiger partial charge is 0.260 e. The van der Waals surface area contributed by atoms with E-state index in [1.807, 2.05) is 0 Å². The predicted octanol–water partition coefficient (Wildman–Crippen LogP) is 3.28. The van der Waals surface area contributed by atoms with Crippen molar-refractivity contribution >= 4 is 22.5 Å². The molecule has 1 heterocycles. The zero-order chi connectivity index (χ0) is 15.1. The fraction of sp³-hybridized carbons (Fsp3) is 0.500. The van der Waals surface area contributed by atoms with Gasteiger partial charge in [-0.3, -0.25) is 9.78 Å². The molecule has 0 spiro atoms. The van der Waals surface area contributed by atoms with Gasteiger partial charge in [-0.25, -0.2) is 4.98 Å². The first-order valence-corrected chi connectivity index (χ1v) is 7.74. The summed E-state index contributed by atoms with van der Waals surface area (Å²) >= 11 is 0. The summed E-state index contributed by atoms with van der Waals surface area (Å²) in [7, 11) is 0. The number of fused-ring (bicyclic) bond motifs is 1. The van der Waals surface area contributed by atoms with Gasteiger partial charge in [-0.15, -0.1) is 0 Å². The minimum Gasteiger partial charge on any atom is -0.399 e. The fourth-order valence-electron chi connectivity index (χ4n) is 2.35. The minimum atomic E-state index is -0.155. The largest absolute Gasteiger partial charge is 0.399 e. The lowest BCUT2D eigenvalue weighted by Gasteiger charge is -2.06. The van der Waals surface area contributed by atoms with E-state index in [9.17, 15) is 4.79 Å². The Morgan fingerprint density at radius 1 is 1.19 bits per heavy atom. The Balaban J connectivity index is 1.88. The number of aromatic amines is 1. The highest BCUT2D eigenvalue weighted by molar-refractivity contribution is 5.81. The van der Waals surface area contributed by atoms with Crippen LogP contribution in [0.15, 0.2) is 23.0 Å². The lowest BCUT2D eigenvalue weighted by atomic mass is 10.1. The van der Waals surface area contributed by atoms with Gasteiger partial charge < -0.3 is 11.1 Å². The van der Waals surface area contributed by atoms with E-state index in [4.69, 9.17) is 5.73 Å². The summed E-state index contributed by atoms with van der Waals surface area (Å²) < 4.78 is 0. The topological polar surface area (TPSA) is 83.8 Å². The number of nitrogens with two attached hydrogens (primary N) is 1. The van der Waals surface area contributed by atoms with Gasteiger partial charge in [0.25, 0.3) is 5.56 Å². The third-order valence-corrected chi connectivity index (χ3v) is 3.55. The summed E-state index contributed by atoms with van der Waals surface area (Å²) in [5.41, 5.74) is 6.76. The Hall–Kier alpha value is -2.04. The molecule has 0 fully saturated rings. The van der Waals surface area contributed by atoms with Crippen molar-refractivity contribution in [2.45, 2.75) is 45.4 Å². The molecule has 0 aliphatic heterocycles. The molecule has 0 atom stereocenters. The summed E-state index contributed by atoms with van der Waals surface area (Å²) in [5.74, 6) is 0.533. The molecule has 0 saturated heterocycles. The van der Waals surface area contributed by atoms with Crippen molar-refractivity contribution in [1.29, 1.82) is 0 Å². The van der Waals surface area contributed by atoms with Gasteiger partial charge in [-0.1, -0.05) is 39.0 Å². The number of hydrogen-bond acceptors (Lipinski definition) is 4. The van der Waals surface area contributed by atoms with Crippen molar-refractivity contribution in [2.75, 3.05) is 17.6 Å². The van der Waals surface area contributed by atoms with E-state index >= 15 is 0 Å². The fourth-order valence-corrected chi connectivity index (χ4v) is 2.35. The lowest BCUT2D eigenvalue weighted by Crippen LogP contribution is -2.14. The van der Waals surface area contributed by atoms with Crippen LogP contribution < -0.4 is 16.6 Å². The molecule has 21 heavy (non-hydrogen) atoms. The van der Waals surface area contributed by atoms with Gasteiger partial charge in [0.05, 0.1) is 10.9 Å². The number of nitrogens with one attached hydrogen (secondary N) is 2. The predicted molar refractivity (Wildman–Crippen MR) is 88.6 cm³/mol. The molecule has 0 aliphatic rings. The van der Waals surface area contributed by atoms with Crippen molar-refractivity contribution in [1.82, 2.24) is 9.97 Å². The lowest BCUT2D eigenvalue weighted by molar-refractivity contribution is 0.616. The number of aromatic nitrogens is 2. The van der Waals surface area contributed by atoms with E-state index in [2.05, 4.69) is 22.2 Å². The molecule has 2 aromatic rings. The molecule has 0 amide bonds. The number of rotatable bonds is 8. The maximum atomic E-state index is 12.0. The van der Waals surface area contributed by atoms with Crippen molar-refractivity contribution in [3.63, 3.8) is 0 Å². The molecule has 2 rings (SSSR count). The van der Waals surface area contributed by atoms with Crippen LogP contribution in [-0.4, -0.2) is 16.5 Å². The molecular formula is C16H24N4O. The second-order valence-corrected chi connectivity index (χ2v) is 5.39. The highest BCUT2D eigenvalue weighted by atomic mass is 16.1. The van der Waals surface area contributed by atoms with E-state index in [1.165, 1.54) is 32.1 Å². The maximum Gasteiger partial charge on any atom is 0.260 e. The summed E-state index contributed by atoms with van der Waals surface area (Å²) in [6.07, 6.45) is 7.47. The Bertz CT molecular complexity index is 636. The monoisotopic (exact) mass is 288 g/mol. The summed E-state index contributed by atoms with van der Waals surface area (Å²) in [6.45, 7) is 3.05. The van der Waals surface area contributed by atoms with Gasteiger partial charge in [-0.05, 0) is 24.6 Å². The van der Waals surface area contributed by atoms with Crippen LogP contribution in [0.4, 0.5) is 11.6 Å².